The first-order valence-electron chi connectivity index (χ1n) is 9.43. The SMILES string of the molecule is COc1cc(Nc2nc3ccc(Cl)cc3nc2NS(=O)(=O)c2ccccc2)cc(OC)c1. The lowest BCUT2D eigenvalue weighted by Crippen LogP contribution is -2.16. The molecule has 164 valence electrons. The zero-order valence-electron chi connectivity index (χ0n) is 17.2. The summed E-state index contributed by atoms with van der Waals surface area (Å²) in [6, 6.07) is 18.2. The highest BCUT2D eigenvalue weighted by Crippen LogP contribution is 2.31. The molecule has 0 radical (unpaired) electrons. The summed E-state index contributed by atoms with van der Waals surface area (Å²) < 4.78 is 39.0. The molecule has 0 unspecified atom stereocenters. The van der Waals surface area contributed by atoms with Crippen LogP contribution in [0.5, 0.6) is 11.5 Å². The third kappa shape index (κ3) is 4.68. The number of benzene rings is 3. The Morgan fingerprint density at radius 1 is 0.812 bits per heavy atom. The second-order valence-corrected chi connectivity index (χ2v) is 8.82. The summed E-state index contributed by atoms with van der Waals surface area (Å²) in [6.07, 6.45) is 0. The van der Waals surface area contributed by atoms with Crippen LogP contribution in [-0.2, 0) is 10.0 Å². The molecule has 0 fully saturated rings. The minimum absolute atomic E-state index is 0.0189. The summed E-state index contributed by atoms with van der Waals surface area (Å²) in [6.45, 7) is 0. The lowest BCUT2D eigenvalue weighted by atomic mass is 10.2. The Morgan fingerprint density at radius 3 is 2.12 bits per heavy atom. The van der Waals surface area contributed by atoms with Gasteiger partial charge in [-0.3, -0.25) is 4.72 Å². The van der Waals surface area contributed by atoms with E-state index < -0.39 is 10.0 Å². The number of halogens is 1. The van der Waals surface area contributed by atoms with Gasteiger partial charge in [0.15, 0.2) is 11.6 Å². The van der Waals surface area contributed by atoms with E-state index in [1.54, 1.807) is 54.6 Å². The Hall–Kier alpha value is -3.56. The van der Waals surface area contributed by atoms with Crippen LogP contribution in [0, 0.1) is 0 Å². The minimum Gasteiger partial charge on any atom is -0.497 e. The van der Waals surface area contributed by atoms with Crippen molar-refractivity contribution >= 4 is 50.0 Å². The number of ether oxygens (including phenoxy) is 2. The molecule has 4 aromatic rings. The number of methoxy groups -OCH3 is 2. The van der Waals surface area contributed by atoms with E-state index in [2.05, 4.69) is 20.0 Å². The van der Waals surface area contributed by atoms with E-state index in [1.165, 1.54) is 26.4 Å². The van der Waals surface area contributed by atoms with Crippen LogP contribution >= 0.6 is 11.6 Å². The van der Waals surface area contributed by atoms with Gasteiger partial charge < -0.3 is 14.8 Å². The molecule has 2 N–H and O–H groups in total. The molecule has 8 nitrogen and oxygen atoms in total. The summed E-state index contributed by atoms with van der Waals surface area (Å²) in [5, 5.41) is 3.57. The van der Waals surface area contributed by atoms with Gasteiger partial charge in [-0.15, -0.1) is 0 Å². The maximum absolute atomic E-state index is 12.9. The second-order valence-electron chi connectivity index (χ2n) is 6.70. The molecule has 0 saturated carbocycles. The van der Waals surface area contributed by atoms with Crippen LogP contribution in [0.1, 0.15) is 0 Å². The van der Waals surface area contributed by atoms with E-state index in [0.717, 1.165) is 0 Å². The quantitative estimate of drug-likeness (QED) is 0.398. The van der Waals surface area contributed by atoms with Crippen LogP contribution in [0.15, 0.2) is 71.6 Å². The van der Waals surface area contributed by atoms with E-state index in [4.69, 9.17) is 21.1 Å². The minimum atomic E-state index is -3.91. The molecule has 1 aromatic heterocycles. The van der Waals surface area contributed by atoms with Crippen molar-refractivity contribution < 1.29 is 17.9 Å². The normalized spacial score (nSPS) is 11.2. The maximum atomic E-state index is 12.9. The van der Waals surface area contributed by atoms with Gasteiger partial charge in [0.2, 0.25) is 0 Å². The molecule has 0 aliphatic carbocycles. The summed E-state index contributed by atoms with van der Waals surface area (Å²) in [5.74, 6) is 1.33. The van der Waals surface area contributed by atoms with Gasteiger partial charge >= 0.3 is 0 Å². The fourth-order valence-corrected chi connectivity index (χ4v) is 4.18. The van der Waals surface area contributed by atoms with Crippen molar-refractivity contribution in [1.82, 2.24) is 9.97 Å². The smallest absolute Gasteiger partial charge is 0.263 e. The molecule has 0 aliphatic rings. The lowest BCUT2D eigenvalue weighted by molar-refractivity contribution is 0.395. The van der Waals surface area contributed by atoms with Gasteiger partial charge in [0.1, 0.15) is 11.5 Å². The van der Waals surface area contributed by atoms with Gasteiger partial charge in [-0.05, 0) is 30.3 Å². The predicted molar refractivity (Wildman–Crippen MR) is 125 cm³/mol. The monoisotopic (exact) mass is 470 g/mol. The predicted octanol–water partition coefficient (Wildman–Crippen LogP) is 4.84. The first kappa shape index (κ1) is 21.7. The largest absolute Gasteiger partial charge is 0.497 e. The zero-order valence-corrected chi connectivity index (χ0v) is 18.7. The van der Waals surface area contributed by atoms with Crippen molar-refractivity contribution in [2.75, 3.05) is 24.3 Å². The number of hydrogen-bond acceptors (Lipinski definition) is 7. The molecule has 0 saturated heterocycles. The molecule has 0 spiro atoms. The first-order valence-corrected chi connectivity index (χ1v) is 11.3. The highest BCUT2D eigenvalue weighted by molar-refractivity contribution is 7.92. The molecule has 3 aromatic carbocycles. The van der Waals surface area contributed by atoms with Gasteiger partial charge in [0.05, 0.1) is 30.1 Å². The molecule has 0 aliphatic heterocycles. The van der Waals surface area contributed by atoms with Crippen LogP contribution in [0.2, 0.25) is 5.02 Å². The Kier molecular flexibility index (Phi) is 6.02. The molecule has 10 heteroatoms. The number of sulfonamides is 1. The third-order valence-corrected chi connectivity index (χ3v) is 6.11. The number of aromatic nitrogens is 2. The topological polar surface area (TPSA) is 102 Å². The van der Waals surface area contributed by atoms with Crippen molar-refractivity contribution in [1.29, 1.82) is 0 Å². The molecule has 32 heavy (non-hydrogen) atoms. The van der Waals surface area contributed by atoms with Gasteiger partial charge in [-0.2, -0.15) is 0 Å². The maximum Gasteiger partial charge on any atom is 0.263 e. The standard InChI is InChI=1S/C22H19ClN4O4S/c1-30-16-11-15(12-17(13-16)31-2)24-21-22(26-20-10-14(23)8-9-19(20)25-21)27-32(28,29)18-6-4-3-5-7-18/h3-13H,1-2H3,(H,24,25)(H,26,27). The fraction of sp³-hybridized carbons (Fsp3) is 0.0909. The summed E-state index contributed by atoms with van der Waals surface area (Å²) in [7, 11) is -0.829. The molecular formula is C22H19ClN4O4S. The van der Waals surface area contributed by atoms with Gasteiger partial charge in [-0.1, -0.05) is 29.8 Å². The van der Waals surface area contributed by atoms with E-state index in [1.807, 2.05) is 0 Å². The molecule has 0 amide bonds. The van der Waals surface area contributed by atoms with Crippen molar-refractivity contribution in [2.45, 2.75) is 4.90 Å². The van der Waals surface area contributed by atoms with E-state index in [-0.39, 0.29) is 16.5 Å². The third-order valence-electron chi connectivity index (χ3n) is 4.53. The highest BCUT2D eigenvalue weighted by atomic mass is 35.5. The van der Waals surface area contributed by atoms with E-state index in [0.29, 0.717) is 33.2 Å². The molecule has 0 bridgehead atoms. The van der Waals surface area contributed by atoms with Crippen LogP contribution in [-0.4, -0.2) is 32.6 Å². The number of rotatable bonds is 7. The van der Waals surface area contributed by atoms with E-state index in [9.17, 15) is 8.42 Å². The Morgan fingerprint density at radius 2 is 1.47 bits per heavy atom. The molecule has 0 atom stereocenters. The van der Waals surface area contributed by atoms with Crippen molar-refractivity contribution in [2.24, 2.45) is 0 Å². The number of hydrogen-bond donors (Lipinski definition) is 2. The number of nitrogens with zero attached hydrogens (tertiary/aromatic N) is 2. The van der Waals surface area contributed by atoms with Crippen molar-refractivity contribution in [3.05, 3.63) is 71.8 Å². The zero-order chi connectivity index (χ0) is 22.7. The average Bonchev–Trinajstić information content (AvgIpc) is 2.79. The molecular weight excluding hydrogens is 452 g/mol. The molecule has 1 heterocycles. The first-order chi connectivity index (χ1) is 15.4. The van der Waals surface area contributed by atoms with E-state index >= 15 is 0 Å². The van der Waals surface area contributed by atoms with Crippen LogP contribution in [0.4, 0.5) is 17.3 Å². The Bertz CT molecular complexity index is 1360. The summed E-state index contributed by atoms with van der Waals surface area (Å²) >= 11 is 6.09. The summed E-state index contributed by atoms with van der Waals surface area (Å²) in [5.41, 5.74) is 1.55. The van der Waals surface area contributed by atoms with Crippen LogP contribution in [0.3, 0.4) is 0 Å². The van der Waals surface area contributed by atoms with Gasteiger partial charge in [0.25, 0.3) is 10.0 Å². The van der Waals surface area contributed by atoms with Gasteiger partial charge in [0, 0.05) is 28.9 Å². The Labute approximate surface area is 190 Å². The lowest BCUT2D eigenvalue weighted by Gasteiger charge is -2.15. The highest BCUT2D eigenvalue weighted by Gasteiger charge is 2.19. The number of fused-ring (bicyclic) bond motifs is 1. The van der Waals surface area contributed by atoms with Crippen LogP contribution in [0.25, 0.3) is 11.0 Å². The molecule has 4 rings (SSSR count). The number of anilines is 3. The number of nitrogens with one attached hydrogen (secondary N) is 2. The Balaban J connectivity index is 1.81. The van der Waals surface area contributed by atoms with Crippen LogP contribution < -0.4 is 19.5 Å². The van der Waals surface area contributed by atoms with Crippen molar-refractivity contribution in [3.8, 4) is 11.5 Å². The average molecular weight is 471 g/mol. The summed E-state index contributed by atoms with van der Waals surface area (Å²) in [4.78, 5) is 9.12. The second kappa shape index (κ2) is 8.89. The van der Waals surface area contributed by atoms with Crippen molar-refractivity contribution in [3.63, 3.8) is 0 Å². The van der Waals surface area contributed by atoms with Gasteiger partial charge in [-0.25, -0.2) is 18.4 Å². The fourth-order valence-electron chi connectivity index (χ4n) is 2.99.